The highest BCUT2D eigenvalue weighted by molar-refractivity contribution is 7.98. The Morgan fingerprint density at radius 1 is 1.26 bits per heavy atom. The number of pyridine rings is 1. The molecule has 100 valence electrons. The quantitative estimate of drug-likeness (QED) is 0.821. The lowest BCUT2D eigenvalue weighted by Gasteiger charge is -2.10. The summed E-state index contributed by atoms with van der Waals surface area (Å²) in [6.07, 6.45) is 1.80. The number of halogens is 2. The Balaban J connectivity index is 2.19. The van der Waals surface area contributed by atoms with Gasteiger partial charge in [0.05, 0.1) is 10.7 Å². The van der Waals surface area contributed by atoms with E-state index < -0.39 is 0 Å². The Morgan fingerprint density at radius 2 is 2.00 bits per heavy atom. The van der Waals surface area contributed by atoms with E-state index in [0.29, 0.717) is 10.0 Å². The van der Waals surface area contributed by atoms with E-state index >= 15 is 0 Å². The molecule has 19 heavy (non-hydrogen) atoms. The Kier molecular flexibility index (Phi) is 4.61. The molecule has 1 aromatic carbocycles. The van der Waals surface area contributed by atoms with Gasteiger partial charge in [-0.3, -0.25) is 4.98 Å². The van der Waals surface area contributed by atoms with Crippen molar-refractivity contribution in [3.63, 3.8) is 0 Å². The van der Waals surface area contributed by atoms with Gasteiger partial charge >= 0.3 is 0 Å². The molecule has 2 N–H and O–H groups in total. The smallest absolute Gasteiger partial charge is 0.0556 e. The second-order valence-electron chi connectivity index (χ2n) is 4.29. The van der Waals surface area contributed by atoms with E-state index in [1.807, 2.05) is 19.9 Å². The van der Waals surface area contributed by atoms with Crippen molar-refractivity contribution < 1.29 is 0 Å². The van der Waals surface area contributed by atoms with Crippen LogP contribution in [-0.2, 0) is 5.75 Å². The number of aryl methyl sites for hydroxylation is 1. The molecule has 0 amide bonds. The van der Waals surface area contributed by atoms with Crippen molar-refractivity contribution in [1.82, 2.24) is 4.98 Å². The van der Waals surface area contributed by atoms with E-state index in [1.54, 1.807) is 30.1 Å². The molecule has 0 aliphatic heterocycles. The first-order valence-electron chi connectivity index (χ1n) is 5.77. The highest BCUT2D eigenvalue weighted by Crippen LogP contribution is 2.33. The first-order valence-corrected chi connectivity index (χ1v) is 7.51. The largest absolute Gasteiger partial charge is 0.398 e. The molecule has 5 heteroatoms. The third-order valence-electron chi connectivity index (χ3n) is 2.93. The van der Waals surface area contributed by atoms with E-state index in [4.69, 9.17) is 28.9 Å². The van der Waals surface area contributed by atoms with Gasteiger partial charge in [0.15, 0.2) is 0 Å². The van der Waals surface area contributed by atoms with Crippen molar-refractivity contribution in [2.75, 3.05) is 5.73 Å². The normalized spacial score (nSPS) is 10.7. The van der Waals surface area contributed by atoms with E-state index in [-0.39, 0.29) is 0 Å². The van der Waals surface area contributed by atoms with Crippen LogP contribution in [0.1, 0.15) is 16.8 Å². The summed E-state index contributed by atoms with van der Waals surface area (Å²) in [5.41, 5.74) is 9.83. The fourth-order valence-electron chi connectivity index (χ4n) is 1.67. The number of nitrogens with two attached hydrogens (primary N) is 1. The number of hydrogen-bond donors (Lipinski definition) is 1. The SMILES string of the molecule is Cc1cnc(CSc2cc(Cl)ccc2Cl)c(C)c1N. The van der Waals surface area contributed by atoms with Crippen LogP contribution >= 0.6 is 35.0 Å². The zero-order valence-corrected chi connectivity index (χ0v) is 13.0. The molecule has 0 unspecified atom stereocenters. The molecule has 1 aromatic heterocycles. The molecule has 0 saturated heterocycles. The number of hydrogen-bond acceptors (Lipinski definition) is 3. The van der Waals surface area contributed by atoms with Crippen LogP contribution in [0.4, 0.5) is 5.69 Å². The van der Waals surface area contributed by atoms with Crippen LogP contribution in [0.2, 0.25) is 10.0 Å². The van der Waals surface area contributed by atoms with Crippen molar-refractivity contribution >= 4 is 40.7 Å². The van der Waals surface area contributed by atoms with Crippen molar-refractivity contribution in [2.24, 2.45) is 0 Å². The topological polar surface area (TPSA) is 38.9 Å². The minimum Gasteiger partial charge on any atom is -0.398 e. The molecular weight excluding hydrogens is 299 g/mol. The van der Waals surface area contributed by atoms with Crippen molar-refractivity contribution in [3.05, 3.63) is 51.3 Å². The number of aromatic nitrogens is 1. The van der Waals surface area contributed by atoms with Crippen LogP contribution in [0, 0.1) is 13.8 Å². The fraction of sp³-hybridized carbons (Fsp3) is 0.214. The number of benzene rings is 1. The number of nitrogen functional groups attached to an aromatic ring is 1. The zero-order valence-electron chi connectivity index (χ0n) is 10.7. The van der Waals surface area contributed by atoms with Gasteiger partial charge in [0.25, 0.3) is 0 Å². The Bertz CT molecular complexity index is 615. The summed E-state index contributed by atoms with van der Waals surface area (Å²) in [5, 5.41) is 1.38. The molecule has 0 saturated carbocycles. The molecule has 2 aromatic rings. The number of rotatable bonds is 3. The summed E-state index contributed by atoms with van der Waals surface area (Å²) < 4.78 is 0. The van der Waals surface area contributed by atoms with E-state index in [0.717, 1.165) is 33.2 Å². The maximum absolute atomic E-state index is 6.13. The summed E-state index contributed by atoms with van der Waals surface area (Å²) in [6, 6.07) is 5.44. The highest BCUT2D eigenvalue weighted by atomic mass is 35.5. The van der Waals surface area contributed by atoms with E-state index in [1.165, 1.54) is 0 Å². The number of anilines is 1. The van der Waals surface area contributed by atoms with Gasteiger partial charge in [0, 0.05) is 27.6 Å². The van der Waals surface area contributed by atoms with Crippen LogP contribution in [0.3, 0.4) is 0 Å². The average molecular weight is 313 g/mol. The molecule has 0 fully saturated rings. The van der Waals surface area contributed by atoms with Gasteiger partial charge < -0.3 is 5.73 Å². The van der Waals surface area contributed by atoms with Crippen LogP contribution < -0.4 is 5.73 Å². The van der Waals surface area contributed by atoms with Gasteiger partial charge in [-0.2, -0.15) is 0 Å². The highest BCUT2D eigenvalue weighted by Gasteiger charge is 2.08. The summed E-state index contributed by atoms with van der Waals surface area (Å²) in [6.45, 7) is 3.95. The second kappa shape index (κ2) is 6.04. The van der Waals surface area contributed by atoms with Gasteiger partial charge in [-0.15, -0.1) is 11.8 Å². The Hall–Kier alpha value is -0.900. The predicted molar refractivity (Wildman–Crippen MR) is 84.1 cm³/mol. The minimum atomic E-state index is 0.681. The lowest BCUT2D eigenvalue weighted by Crippen LogP contribution is -2.00. The first-order chi connectivity index (χ1) is 8.99. The lowest BCUT2D eigenvalue weighted by atomic mass is 10.1. The van der Waals surface area contributed by atoms with Gasteiger partial charge in [0.2, 0.25) is 0 Å². The summed E-state index contributed by atoms with van der Waals surface area (Å²) in [4.78, 5) is 5.38. The minimum absolute atomic E-state index is 0.681. The molecule has 1 heterocycles. The summed E-state index contributed by atoms with van der Waals surface area (Å²) >= 11 is 13.7. The van der Waals surface area contributed by atoms with Crippen LogP contribution in [0.5, 0.6) is 0 Å². The van der Waals surface area contributed by atoms with Gasteiger partial charge in [-0.25, -0.2) is 0 Å². The standard InChI is InChI=1S/C14H14Cl2N2S/c1-8-6-18-12(9(2)14(8)17)7-19-13-5-10(15)3-4-11(13)16/h3-6H,7H2,1-2H3,(H2,17,18). The van der Waals surface area contributed by atoms with Gasteiger partial charge in [-0.05, 0) is 43.2 Å². The zero-order chi connectivity index (χ0) is 14.0. The lowest BCUT2D eigenvalue weighted by molar-refractivity contribution is 1.11. The van der Waals surface area contributed by atoms with Crippen molar-refractivity contribution in [2.45, 2.75) is 24.5 Å². The van der Waals surface area contributed by atoms with E-state index in [2.05, 4.69) is 4.98 Å². The fourth-order valence-corrected chi connectivity index (χ4v) is 3.19. The molecule has 0 aliphatic carbocycles. The molecule has 0 bridgehead atoms. The third-order valence-corrected chi connectivity index (χ3v) is 4.68. The molecular formula is C14H14Cl2N2S. The monoisotopic (exact) mass is 312 g/mol. The Morgan fingerprint density at radius 3 is 2.74 bits per heavy atom. The molecule has 0 atom stereocenters. The maximum atomic E-state index is 6.13. The molecule has 0 spiro atoms. The second-order valence-corrected chi connectivity index (χ2v) is 6.15. The van der Waals surface area contributed by atoms with Crippen molar-refractivity contribution in [1.29, 1.82) is 0 Å². The van der Waals surface area contributed by atoms with E-state index in [9.17, 15) is 0 Å². The van der Waals surface area contributed by atoms with Crippen LogP contribution in [0.15, 0.2) is 29.3 Å². The number of thioether (sulfide) groups is 1. The number of nitrogens with zero attached hydrogens (tertiary/aromatic N) is 1. The summed E-state index contributed by atoms with van der Waals surface area (Å²) in [7, 11) is 0. The average Bonchev–Trinajstić information content (AvgIpc) is 2.39. The van der Waals surface area contributed by atoms with Crippen LogP contribution in [0.25, 0.3) is 0 Å². The summed E-state index contributed by atoms with van der Waals surface area (Å²) in [5.74, 6) is 0.719. The Labute approximate surface area is 127 Å². The molecule has 0 radical (unpaired) electrons. The van der Waals surface area contributed by atoms with Crippen LogP contribution in [-0.4, -0.2) is 4.98 Å². The first kappa shape index (κ1) is 14.5. The maximum Gasteiger partial charge on any atom is 0.0556 e. The molecule has 2 nitrogen and oxygen atoms in total. The third kappa shape index (κ3) is 3.35. The van der Waals surface area contributed by atoms with Gasteiger partial charge in [-0.1, -0.05) is 23.2 Å². The van der Waals surface area contributed by atoms with Gasteiger partial charge in [0.1, 0.15) is 0 Å². The van der Waals surface area contributed by atoms with Crippen molar-refractivity contribution in [3.8, 4) is 0 Å². The molecule has 0 aliphatic rings. The predicted octanol–water partition coefficient (Wildman–Crippen LogP) is 4.88. The molecule has 2 rings (SSSR count).